The first-order valence-electron chi connectivity index (χ1n) is 8.12. The average molecular weight is 476 g/mol. The minimum Gasteiger partial charge on any atom is -0.386 e. The summed E-state index contributed by atoms with van der Waals surface area (Å²) in [5.74, 6) is 0.699. The average Bonchev–Trinajstić information content (AvgIpc) is 2.98. The highest BCUT2D eigenvalue weighted by Gasteiger charge is 2.20. The number of likely N-dealkylation sites (N-methyl/N-ethyl adjacent to an activating group) is 1. The monoisotopic (exact) mass is 476 g/mol. The van der Waals surface area contributed by atoms with Gasteiger partial charge in [0.25, 0.3) is 0 Å². The van der Waals surface area contributed by atoms with E-state index in [4.69, 9.17) is 0 Å². The maximum atomic E-state index is 10.4. The zero-order chi connectivity index (χ0) is 17.7. The molecule has 0 saturated carbocycles. The van der Waals surface area contributed by atoms with Gasteiger partial charge in [-0.15, -0.1) is 35.3 Å². The van der Waals surface area contributed by atoms with Gasteiger partial charge in [0.05, 0.1) is 0 Å². The molecule has 1 heterocycles. The van der Waals surface area contributed by atoms with E-state index in [-0.39, 0.29) is 29.5 Å². The van der Waals surface area contributed by atoms with Gasteiger partial charge in [-0.2, -0.15) is 0 Å². The van der Waals surface area contributed by atoms with Gasteiger partial charge in [-0.1, -0.05) is 18.2 Å². The first-order chi connectivity index (χ1) is 11.3. The number of rotatable bonds is 6. The second-order valence-corrected chi connectivity index (χ2v) is 7.83. The van der Waals surface area contributed by atoms with Crippen LogP contribution in [0.15, 0.2) is 35.3 Å². The topological polar surface area (TPSA) is 59.9 Å². The number of hydrogen-bond acceptors (Lipinski definition) is 4. The number of aliphatic hydroxyl groups excluding tert-OH is 1. The van der Waals surface area contributed by atoms with Crippen molar-refractivity contribution in [3.8, 4) is 0 Å². The molecule has 0 aliphatic heterocycles. The summed E-state index contributed by atoms with van der Waals surface area (Å²) in [6.45, 7) is 5.52. The van der Waals surface area contributed by atoms with Crippen molar-refractivity contribution in [3.63, 3.8) is 0 Å². The van der Waals surface area contributed by atoms with Gasteiger partial charge in [0.15, 0.2) is 5.96 Å². The zero-order valence-electron chi connectivity index (χ0n) is 15.5. The number of nitrogens with zero attached hydrogens (tertiary/aromatic N) is 2. The van der Waals surface area contributed by atoms with Crippen molar-refractivity contribution in [2.45, 2.75) is 25.5 Å². The van der Waals surface area contributed by atoms with Gasteiger partial charge in [0.2, 0.25) is 0 Å². The van der Waals surface area contributed by atoms with Crippen LogP contribution in [0.4, 0.5) is 0 Å². The first kappa shape index (κ1) is 22.1. The minimum absolute atomic E-state index is 0. The summed E-state index contributed by atoms with van der Waals surface area (Å²) >= 11 is 1.63. The second kappa shape index (κ2) is 9.70. The summed E-state index contributed by atoms with van der Waals surface area (Å²) in [6.07, 6.45) is -0.553. The number of halogens is 1. The summed E-state index contributed by atoms with van der Waals surface area (Å²) in [5, 5.41) is 18.1. The van der Waals surface area contributed by atoms with E-state index < -0.39 is 6.10 Å². The highest BCUT2D eigenvalue weighted by molar-refractivity contribution is 14.0. The number of aliphatic hydroxyl groups is 1. The number of nitrogens with one attached hydrogen (secondary N) is 2. The standard InChI is InChI=1S/C18H28N4OS.HI/c1-18(2,22(4)5)12-21-17(19-3)20-11-14(23)16-10-13-8-6-7-9-15(13)24-16;/h6-10,14,23H,11-12H2,1-5H3,(H2,19,20,21);1H. The highest BCUT2D eigenvalue weighted by atomic mass is 127. The number of fused-ring (bicyclic) bond motifs is 1. The summed E-state index contributed by atoms with van der Waals surface area (Å²) < 4.78 is 1.20. The number of hydrogen-bond donors (Lipinski definition) is 3. The van der Waals surface area contributed by atoms with Crippen molar-refractivity contribution in [3.05, 3.63) is 35.2 Å². The molecule has 1 atom stereocenters. The van der Waals surface area contributed by atoms with Crippen molar-refractivity contribution >= 4 is 51.4 Å². The van der Waals surface area contributed by atoms with Crippen molar-refractivity contribution < 1.29 is 5.11 Å². The molecule has 0 radical (unpaired) electrons. The molecule has 0 amide bonds. The van der Waals surface area contributed by atoms with E-state index >= 15 is 0 Å². The molecule has 140 valence electrons. The SMILES string of the molecule is CN=C(NCC(O)c1cc2ccccc2s1)NCC(C)(C)N(C)C.I. The first-order valence-corrected chi connectivity index (χ1v) is 8.93. The van der Waals surface area contributed by atoms with Crippen LogP contribution in [-0.2, 0) is 0 Å². The summed E-state index contributed by atoms with van der Waals surface area (Å²) in [5.41, 5.74) is 0.0156. The Morgan fingerprint density at radius 1 is 1.28 bits per heavy atom. The Morgan fingerprint density at radius 3 is 2.56 bits per heavy atom. The lowest BCUT2D eigenvalue weighted by atomic mass is 10.0. The van der Waals surface area contributed by atoms with Crippen LogP contribution in [-0.4, -0.2) is 55.7 Å². The van der Waals surface area contributed by atoms with Crippen molar-refractivity contribution in [1.82, 2.24) is 15.5 Å². The molecule has 0 aliphatic carbocycles. The smallest absolute Gasteiger partial charge is 0.191 e. The number of aliphatic imine (C=N–C) groups is 1. The van der Waals surface area contributed by atoms with E-state index in [0.29, 0.717) is 12.5 Å². The van der Waals surface area contributed by atoms with Gasteiger partial charge in [0, 0.05) is 35.3 Å². The van der Waals surface area contributed by atoms with Gasteiger partial charge in [-0.25, -0.2) is 0 Å². The molecule has 0 bridgehead atoms. The Hall–Kier alpha value is -0.900. The van der Waals surface area contributed by atoms with Crippen molar-refractivity contribution in [1.29, 1.82) is 0 Å². The summed E-state index contributed by atoms with van der Waals surface area (Å²) in [6, 6.07) is 10.2. The van der Waals surface area contributed by atoms with E-state index in [1.54, 1.807) is 18.4 Å². The molecule has 1 unspecified atom stereocenters. The number of guanidine groups is 1. The Kier molecular flexibility index (Phi) is 8.59. The molecular weight excluding hydrogens is 447 g/mol. The Balaban J connectivity index is 0.00000312. The van der Waals surface area contributed by atoms with Crippen LogP contribution < -0.4 is 10.6 Å². The van der Waals surface area contributed by atoms with E-state index in [1.165, 1.54) is 10.1 Å². The van der Waals surface area contributed by atoms with Crippen LogP contribution in [0.25, 0.3) is 10.1 Å². The van der Waals surface area contributed by atoms with Gasteiger partial charge in [-0.3, -0.25) is 4.99 Å². The van der Waals surface area contributed by atoms with Crippen molar-refractivity contribution in [2.24, 2.45) is 4.99 Å². The Labute approximate surface area is 171 Å². The van der Waals surface area contributed by atoms with Crippen molar-refractivity contribution in [2.75, 3.05) is 34.2 Å². The minimum atomic E-state index is -0.553. The van der Waals surface area contributed by atoms with Crippen LogP contribution >= 0.6 is 35.3 Å². The molecule has 2 aromatic rings. The molecule has 5 nitrogen and oxygen atoms in total. The molecule has 3 N–H and O–H groups in total. The molecule has 1 aromatic heterocycles. The lowest BCUT2D eigenvalue weighted by Crippen LogP contribution is -2.51. The van der Waals surface area contributed by atoms with E-state index in [9.17, 15) is 5.11 Å². The lowest BCUT2D eigenvalue weighted by Gasteiger charge is -2.33. The maximum absolute atomic E-state index is 10.4. The largest absolute Gasteiger partial charge is 0.386 e. The van der Waals surface area contributed by atoms with Crippen LogP contribution in [0, 0.1) is 0 Å². The molecule has 0 fully saturated rings. The second-order valence-electron chi connectivity index (χ2n) is 6.72. The van der Waals surface area contributed by atoms with E-state index in [1.807, 2.05) is 12.1 Å². The molecule has 0 aliphatic rings. The normalized spacial score (nSPS) is 13.6. The van der Waals surface area contributed by atoms with E-state index in [2.05, 4.69) is 66.7 Å². The molecule has 2 rings (SSSR count). The third-order valence-electron chi connectivity index (χ3n) is 4.36. The zero-order valence-corrected chi connectivity index (χ0v) is 18.7. The maximum Gasteiger partial charge on any atom is 0.191 e. The van der Waals surface area contributed by atoms with Gasteiger partial charge in [-0.05, 0) is 45.5 Å². The van der Waals surface area contributed by atoms with Crippen LogP contribution in [0.1, 0.15) is 24.8 Å². The third kappa shape index (κ3) is 6.09. The van der Waals surface area contributed by atoms with Crippen LogP contribution in [0.5, 0.6) is 0 Å². The fourth-order valence-electron chi connectivity index (χ4n) is 2.14. The molecule has 0 saturated heterocycles. The van der Waals surface area contributed by atoms with E-state index in [0.717, 1.165) is 11.4 Å². The van der Waals surface area contributed by atoms with Gasteiger partial charge in [0.1, 0.15) is 6.10 Å². The number of thiophene rings is 1. The molecule has 0 spiro atoms. The Morgan fingerprint density at radius 2 is 1.96 bits per heavy atom. The van der Waals surface area contributed by atoms with Gasteiger partial charge >= 0.3 is 0 Å². The van der Waals surface area contributed by atoms with Gasteiger partial charge < -0.3 is 20.6 Å². The lowest BCUT2D eigenvalue weighted by molar-refractivity contribution is 0.183. The highest BCUT2D eigenvalue weighted by Crippen LogP contribution is 2.29. The predicted octanol–water partition coefficient (Wildman–Crippen LogP) is 3.06. The fourth-order valence-corrected chi connectivity index (χ4v) is 3.19. The molecule has 25 heavy (non-hydrogen) atoms. The van der Waals surface area contributed by atoms with Crippen LogP contribution in [0.2, 0.25) is 0 Å². The Bertz CT molecular complexity index is 666. The number of benzene rings is 1. The third-order valence-corrected chi connectivity index (χ3v) is 5.58. The van der Waals surface area contributed by atoms with Crippen LogP contribution in [0.3, 0.4) is 0 Å². The molecular formula is C18H29IN4OS. The molecule has 7 heteroatoms. The predicted molar refractivity (Wildman–Crippen MR) is 119 cm³/mol. The summed E-state index contributed by atoms with van der Waals surface area (Å²) in [4.78, 5) is 7.36. The quantitative estimate of drug-likeness (QED) is 0.341. The fraction of sp³-hybridized carbons (Fsp3) is 0.500. The molecule has 1 aromatic carbocycles. The summed E-state index contributed by atoms with van der Waals surface area (Å²) in [7, 11) is 5.86.